The molecule has 2 aliphatic rings. The van der Waals surface area contributed by atoms with E-state index >= 15 is 0 Å². The fourth-order valence-corrected chi connectivity index (χ4v) is 7.07. The number of hydrogen-bond donors (Lipinski definition) is 8. The highest BCUT2D eigenvalue weighted by molar-refractivity contribution is 5.76. The van der Waals surface area contributed by atoms with Crippen molar-refractivity contribution in [3.05, 3.63) is 0 Å². The third-order valence-corrected chi connectivity index (χ3v) is 10.6. The molecule has 0 aromatic heterocycles. The maximum Gasteiger partial charge on any atom is 0.220 e. The number of carbonyl (C=O) groups is 2. The number of carbonyl (C=O) groups excluding carboxylic acids is 2. The van der Waals surface area contributed by atoms with Gasteiger partial charge in [-0.1, -0.05) is 129 Å². The minimum absolute atomic E-state index is 0.00577. The predicted molar refractivity (Wildman–Crippen MR) is 203 cm³/mol. The van der Waals surface area contributed by atoms with E-state index in [4.69, 9.17) is 14.2 Å². The monoisotopic (exact) mass is 761 g/mol. The highest BCUT2D eigenvalue weighted by atomic mass is 16.8. The molecule has 2 aliphatic heterocycles. The number of aliphatic hydroxyl groups is 6. The summed E-state index contributed by atoms with van der Waals surface area (Å²) in [6.07, 6.45) is 8.83. The molecule has 2 fully saturated rings. The molecule has 10 unspecified atom stereocenters. The summed E-state index contributed by atoms with van der Waals surface area (Å²) in [5.74, 6) is -0.457. The van der Waals surface area contributed by atoms with Gasteiger partial charge in [-0.2, -0.15) is 0 Å². The van der Waals surface area contributed by atoms with Crippen LogP contribution in [-0.2, 0) is 23.8 Å². The molecule has 2 rings (SSSR count). The van der Waals surface area contributed by atoms with Crippen molar-refractivity contribution >= 4 is 11.8 Å². The van der Waals surface area contributed by atoms with E-state index in [1.165, 1.54) is 89.9 Å². The largest absolute Gasteiger partial charge is 0.388 e. The van der Waals surface area contributed by atoms with Gasteiger partial charge in [0.1, 0.15) is 36.6 Å². The number of amides is 2. The topological polar surface area (TPSA) is 207 Å². The van der Waals surface area contributed by atoms with E-state index in [0.29, 0.717) is 13.1 Å². The van der Waals surface area contributed by atoms with E-state index in [1.807, 2.05) is 0 Å². The van der Waals surface area contributed by atoms with Gasteiger partial charge in [-0.15, -0.1) is 0 Å². The quantitative estimate of drug-likeness (QED) is 0.0486. The summed E-state index contributed by atoms with van der Waals surface area (Å²) in [4.78, 5) is 25.0. The number of ether oxygens (including phenoxy) is 3. The molecule has 13 heteroatoms. The maximum atomic E-state index is 12.5. The van der Waals surface area contributed by atoms with E-state index in [-0.39, 0.29) is 37.5 Å². The van der Waals surface area contributed by atoms with Crippen molar-refractivity contribution in [2.24, 2.45) is 0 Å². The van der Waals surface area contributed by atoms with E-state index in [1.54, 1.807) is 0 Å². The molecular formula is C40H76N2O11. The Kier molecular flexibility index (Phi) is 26.0. The lowest BCUT2D eigenvalue weighted by Gasteiger charge is -2.45. The van der Waals surface area contributed by atoms with Crippen LogP contribution in [0.15, 0.2) is 0 Å². The zero-order valence-electron chi connectivity index (χ0n) is 32.9. The smallest absolute Gasteiger partial charge is 0.220 e. The van der Waals surface area contributed by atoms with Crippen molar-refractivity contribution in [2.75, 3.05) is 13.1 Å². The van der Waals surface area contributed by atoms with Crippen LogP contribution in [-0.4, -0.2) is 117 Å². The molecule has 13 nitrogen and oxygen atoms in total. The zero-order valence-corrected chi connectivity index (χ0v) is 32.9. The van der Waals surface area contributed by atoms with Gasteiger partial charge < -0.3 is 55.5 Å². The number of nitrogens with one attached hydrogen (secondary N) is 2. The molecule has 10 atom stereocenters. The predicted octanol–water partition coefficient (Wildman–Crippen LogP) is 4.25. The summed E-state index contributed by atoms with van der Waals surface area (Å²) < 4.78 is 17.1. The number of hydrogen-bond acceptors (Lipinski definition) is 11. The van der Waals surface area contributed by atoms with Gasteiger partial charge in [0.2, 0.25) is 11.8 Å². The number of aliphatic hydroxyl groups excluding tert-OH is 6. The minimum Gasteiger partial charge on any atom is -0.388 e. The molecule has 0 bridgehead atoms. The van der Waals surface area contributed by atoms with Crippen LogP contribution >= 0.6 is 0 Å². The van der Waals surface area contributed by atoms with Crippen molar-refractivity contribution in [1.29, 1.82) is 0 Å². The van der Waals surface area contributed by atoms with Gasteiger partial charge in [0, 0.05) is 25.9 Å². The van der Waals surface area contributed by atoms with Gasteiger partial charge in [0.25, 0.3) is 0 Å². The van der Waals surface area contributed by atoms with Crippen LogP contribution in [0.25, 0.3) is 0 Å². The van der Waals surface area contributed by atoms with E-state index in [9.17, 15) is 40.2 Å². The second-order valence-corrected chi connectivity index (χ2v) is 15.3. The van der Waals surface area contributed by atoms with E-state index < -0.39 is 61.4 Å². The first-order chi connectivity index (χ1) is 25.6. The highest BCUT2D eigenvalue weighted by Crippen LogP contribution is 2.30. The summed E-state index contributed by atoms with van der Waals surface area (Å²) in [5, 5.41) is 69.2. The lowest BCUT2D eigenvalue weighted by molar-refractivity contribution is -0.374. The van der Waals surface area contributed by atoms with Crippen LogP contribution in [0.2, 0.25) is 0 Å². The maximum absolute atomic E-state index is 12.5. The molecule has 2 heterocycles. The van der Waals surface area contributed by atoms with Crippen molar-refractivity contribution < 1.29 is 54.4 Å². The van der Waals surface area contributed by atoms with Crippen LogP contribution < -0.4 is 10.6 Å². The average molecular weight is 761 g/mol. The molecule has 2 amide bonds. The molecule has 0 spiro atoms. The fourth-order valence-electron chi connectivity index (χ4n) is 7.07. The third kappa shape index (κ3) is 19.3. The van der Waals surface area contributed by atoms with Crippen LogP contribution in [0, 0.1) is 0 Å². The fraction of sp³-hybridized carbons (Fsp3) is 0.950. The van der Waals surface area contributed by atoms with Gasteiger partial charge in [-0.05, 0) is 25.7 Å². The molecule has 2 saturated heterocycles. The van der Waals surface area contributed by atoms with Crippen LogP contribution in [0.1, 0.15) is 168 Å². The molecule has 0 radical (unpaired) electrons. The second kappa shape index (κ2) is 28.9. The lowest BCUT2D eigenvalue weighted by atomic mass is 9.94. The second-order valence-electron chi connectivity index (χ2n) is 15.3. The summed E-state index contributed by atoms with van der Waals surface area (Å²) in [5.41, 5.74) is 0. The number of unbranched alkanes of at least 4 members (excludes halogenated alkanes) is 18. The summed E-state index contributed by atoms with van der Waals surface area (Å²) in [6.45, 7) is 5.52. The SMILES string of the molecule is CCCCCCCCCCCCNC(=O)CCC1OC(OC2OC(CCC(=O)NCCCCCCCCCCCC)C(O)C(O)C2O)C(O)C(O)C1O. The Bertz CT molecular complexity index is 874. The van der Waals surface area contributed by atoms with Crippen LogP contribution in [0.3, 0.4) is 0 Å². The summed E-state index contributed by atoms with van der Waals surface area (Å²) >= 11 is 0. The van der Waals surface area contributed by atoms with Gasteiger partial charge in [0.05, 0.1) is 12.2 Å². The normalized spacial score (nSPS) is 28.9. The molecule has 0 saturated carbocycles. The molecule has 0 aromatic carbocycles. The highest BCUT2D eigenvalue weighted by Gasteiger charge is 2.49. The van der Waals surface area contributed by atoms with Crippen molar-refractivity contribution in [1.82, 2.24) is 10.6 Å². The van der Waals surface area contributed by atoms with Gasteiger partial charge >= 0.3 is 0 Å². The Morgan fingerprint density at radius 3 is 1.08 bits per heavy atom. The Morgan fingerprint density at radius 2 is 0.755 bits per heavy atom. The van der Waals surface area contributed by atoms with Crippen molar-refractivity contribution in [2.45, 2.75) is 229 Å². The summed E-state index contributed by atoms with van der Waals surface area (Å²) in [6, 6.07) is 0. The van der Waals surface area contributed by atoms with E-state index in [2.05, 4.69) is 24.5 Å². The first-order valence-corrected chi connectivity index (χ1v) is 21.2. The minimum atomic E-state index is -1.73. The van der Waals surface area contributed by atoms with Gasteiger partial charge in [-0.3, -0.25) is 9.59 Å². The molecule has 53 heavy (non-hydrogen) atoms. The standard InChI is InChI=1S/C40H76N2O11/c1-3-5-7-9-11-13-15-17-19-21-27-41-31(43)25-23-29-33(45)35(47)37(49)39(51-29)53-40-38(50)36(48)34(46)30(52-40)24-26-32(44)42-28-22-20-18-16-14-12-10-8-6-4-2/h29-30,33-40,45-50H,3-28H2,1-2H3,(H,41,43)(H,42,44). The molecule has 0 aliphatic carbocycles. The van der Waals surface area contributed by atoms with Crippen LogP contribution in [0.4, 0.5) is 0 Å². The first kappa shape index (κ1) is 47.7. The Morgan fingerprint density at radius 1 is 0.453 bits per heavy atom. The molecule has 312 valence electrons. The Labute approximate surface area is 318 Å². The summed E-state index contributed by atoms with van der Waals surface area (Å²) in [7, 11) is 0. The molecule has 8 N–H and O–H groups in total. The molecular weight excluding hydrogens is 684 g/mol. The van der Waals surface area contributed by atoms with Gasteiger partial charge in [-0.25, -0.2) is 0 Å². The van der Waals surface area contributed by atoms with Crippen molar-refractivity contribution in [3.8, 4) is 0 Å². The third-order valence-electron chi connectivity index (χ3n) is 10.6. The molecule has 0 aromatic rings. The van der Waals surface area contributed by atoms with Crippen molar-refractivity contribution in [3.63, 3.8) is 0 Å². The average Bonchev–Trinajstić information content (AvgIpc) is 3.15. The van der Waals surface area contributed by atoms with Gasteiger partial charge in [0.15, 0.2) is 12.6 Å². The van der Waals surface area contributed by atoms with E-state index in [0.717, 1.165) is 38.5 Å². The number of rotatable bonds is 30. The Balaban J connectivity index is 1.70. The Hall–Kier alpha value is -1.42. The van der Waals surface area contributed by atoms with Crippen LogP contribution in [0.5, 0.6) is 0 Å². The first-order valence-electron chi connectivity index (χ1n) is 21.2. The lowest BCUT2D eigenvalue weighted by Crippen LogP contribution is -2.63. The zero-order chi connectivity index (χ0) is 38.8.